The molecule has 4 heteroatoms. The third-order valence-electron chi connectivity index (χ3n) is 2.53. The Morgan fingerprint density at radius 1 is 1.44 bits per heavy atom. The van der Waals surface area contributed by atoms with Crippen LogP contribution in [0.15, 0.2) is 24.3 Å². The van der Waals surface area contributed by atoms with Crippen molar-refractivity contribution >= 4 is 5.78 Å². The van der Waals surface area contributed by atoms with Gasteiger partial charge in [0, 0.05) is 5.56 Å². The minimum atomic E-state index is -1.47. The maximum absolute atomic E-state index is 11.2. The number of hydrogen-bond acceptors (Lipinski definition) is 4. The molecule has 0 heterocycles. The Balaban J connectivity index is 2.80. The molecule has 1 aromatic rings. The van der Waals surface area contributed by atoms with Crippen molar-refractivity contribution in [3.05, 3.63) is 35.4 Å². The summed E-state index contributed by atoms with van der Waals surface area (Å²) in [5, 5.41) is 21.0. The Morgan fingerprint density at radius 2 is 2.12 bits per heavy atom. The summed E-state index contributed by atoms with van der Waals surface area (Å²) < 4.78 is 0. The summed E-state index contributed by atoms with van der Waals surface area (Å²) in [7, 11) is 1.73. The summed E-state index contributed by atoms with van der Waals surface area (Å²) in [6.07, 6.45) is -0.919. The number of likely N-dealkylation sites (N-methyl/N-ethyl adjacent to an activating group) is 1. The van der Waals surface area contributed by atoms with E-state index in [2.05, 4.69) is 5.32 Å². The maximum Gasteiger partial charge on any atom is 0.178 e. The highest BCUT2D eigenvalue weighted by atomic mass is 16.5. The molecule has 0 unspecified atom stereocenters. The van der Waals surface area contributed by atoms with Gasteiger partial charge in [0.05, 0.1) is 6.04 Å². The third kappa shape index (κ3) is 3.41. The number of Topliss-reactive ketones (excluding diaryl/α,β-unsaturated/α-hetero) is 1. The van der Waals surface area contributed by atoms with Gasteiger partial charge in [-0.25, -0.2) is 0 Å². The molecular formula is C12H17NO3. The van der Waals surface area contributed by atoms with E-state index in [1.54, 1.807) is 25.2 Å². The molecule has 1 atom stereocenters. The first kappa shape index (κ1) is 12.8. The van der Waals surface area contributed by atoms with Gasteiger partial charge in [0.2, 0.25) is 0 Å². The van der Waals surface area contributed by atoms with E-state index >= 15 is 0 Å². The molecule has 0 saturated carbocycles. The molecule has 1 rings (SSSR count). The number of hydrogen-bond donors (Lipinski definition) is 3. The van der Waals surface area contributed by atoms with Crippen LogP contribution in [0.3, 0.4) is 0 Å². The van der Waals surface area contributed by atoms with Gasteiger partial charge in [-0.3, -0.25) is 4.79 Å². The van der Waals surface area contributed by atoms with Crippen LogP contribution in [-0.4, -0.2) is 29.1 Å². The quantitative estimate of drug-likeness (QED) is 0.632. The molecule has 3 N–H and O–H groups in total. The fraction of sp³-hybridized carbons (Fsp3) is 0.417. The summed E-state index contributed by atoms with van der Waals surface area (Å²) >= 11 is 0. The highest BCUT2D eigenvalue weighted by molar-refractivity contribution is 5.81. The van der Waals surface area contributed by atoms with Crippen molar-refractivity contribution in [2.45, 2.75) is 25.7 Å². The van der Waals surface area contributed by atoms with Gasteiger partial charge in [0.1, 0.15) is 5.78 Å². The van der Waals surface area contributed by atoms with E-state index < -0.39 is 6.29 Å². The van der Waals surface area contributed by atoms with Gasteiger partial charge in [0.15, 0.2) is 6.29 Å². The second-order valence-electron chi connectivity index (χ2n) is 3.77. The van der Waals surface area contributed by atoms with Crippen LogP contribution in [0, 0.1) is 0 Å². The zero-order valence-electron chi connectivity index (χ0n) is 9.47. The van der Waals surface area contributed by atoms with E-state index in [0.29, 0.717) is 12.0 Å². The van der Waals surface area contributed by atoms with Crippen LogP contribution in [0.4, 0.5) is 0 Å². The number of rotatable bonds is 5. The lowest BCUT2D eigenvalue weighted by atomic mass is 10.0. The van der Waals surface area contributed by atoms with Crippen molar-refractivity contribution in [2.24, 2.45) is 0 Å². The summed E-state index contributed by atoms with van der Waals surface area (Å²) in [4.78, 5) is 11.2. The van der Waals surface area contributed by atoms with Gasteiger partial charge in [0.25, 0.3) is 0 Å². The summed E-state index contributed by atoms with van der Waals surface area (Å²) in [5.41, 5.74) is 1.34. The minimum Gasteiger partial charge on any atom is -0.364 e. The van der Waals surface area contributed by atoms with E-state index in [1.165, 1.54) is 6.92 Å². The highest BCUT2D eigenvalue weighted by Crippen LogP contribution is 2.13. The summed E-state index contributed by atoms with van der Waals surface area (Å²) in [5.74, 6) is 0.0671. The van der Waals surface area contributed by atoms with E-state index in [0.717, 1.165) is 5.56 Å². The first-order valence-electron chi connectivity index (χ1n) is 5.17. The topological polar surface area (TPSA) is 69.6 Å². The van der Waals surface area contributed by atoms with Crippen LogP contribution in [0.1, 0.15) is 24.3 Å². The van der Waals surface area contributed by atoms with E-state index in [1.807, 2.05) is 6.07 Å². The minimum absolute atomic E-state index is 0.0671. The van der Waals surface area contributed by atoms with Crippen molar-refractivity contribution in [2.75, 3.05) is 7.05 Å². The van der Waals surface area contributed by atoms with Crippen LogP contribution in [-0.2, 0) is 11.2 Å². The van der Waals surface area contributed by atoms with E-state index in [9.17, 15) is 4.79 Å². The van der Waals surface area contributed by atoms with Crippen LogP contribution < -0.4 is 5.32 Å². The van der Waals surface area contributed by atoms with Crippen molar-refractivity contribution in [3.8, 4) is 0 Å². The fourth-order valence-electron chi connectivity index (χ4n) is 1.57. The zero-order chi connectivity index (χ0) is 12.1. The molecule has 0 aliphatic carbocycles. The third-order valence-corrected chi connectivity index (χ3v) is 2.53. The van der Waals surface area contributed by atoms with Crippen molar-refractivity contribution in [1.29, 1.82) is 0 Å². The van der Waals surface area contributed by atoms with Gasteiger partial charge >= 0.3 is 0 Å². The number of aliphatic hydroxyl groups excluding tert-OH is 1. The molecule has 88 valence electrons. The lowest BCUT2D eigenvalue weighted by Gasteiger charge is -2.13. The first-order chi connectivity index (χ1) is 7.54. The number of aliphatic hydroxyl groups is 2. The highest BCUT2D eigenvalue weighted by Gasteiger charge is 2.12. The monoisotopic (exact) mass is 223 g/mol. The molecule has 0 amide bonds. The van der Waals surface area contributed by atoms with Crippen molar-refractivity contribution < 1.29 is 15.0 Å². The number of carbonyl (C=O) groups excluding carboxylic acids is 1. The van der Waals surface area contributed by atoms with Gasteiger partial charge in [-0.15, -0.1) is 0 Å². The Labute approximate surface area is 94.9 Å². The van der Waals surface area contributed by atoms with Crippen LogP contribution >= 0.6 is 0 Å². The van der Waals surface area contributed by atoms with E-state index in [-0.39, 0.29) is 11.8 Å². The molecular weight excluding hydrogens is 206 g/mol. The maximum atomic E-state index is 11.2. The molecule has 16 heavy (non-hydrogen) atoms. The Kier molecular flexibility index (Phi) is 4.61. The fourth-order valence-corrected chi connectivity index (χ4v) is 1.57. The van der Waals surface area contributed by atoms with E-state index in [4.69, 9.17) is 10.2 Å². The lowest BCUT2D eigenvalue weighted by molar-refractivity contribution is -0.118. The van der Waals surface area contributed by atoms with Crippen molar-refractivity contribution in [1.82, 2.24) is 5.32 Å². The Morgan fingerprint density at radius 3 is 2.62 bits per heavy atom. The molecule has 0 aromatic heterocycles. The number of carbonyl (C=O) groups is 1. The zero-order valence-corrected chi connectivity index (χ0v) is 9.47. The van der Waals surface area contributed by atoms with Crippen LogP contribution in [0.5, 0.6) is 0 Å². The van der Waals surface area contributed by atoms with Crippen molar-refractivity contribution in [3.63, 3.8) is 0 Å². The predicted octanol–water partition coefficient (Wildman–Crippen LogP) is 0.389. The predicted molar refractivity (Wildman–Crippen MR) is 60.9 cm³/mol. The molecule has 0 aliphatic heterocycles. The second-order valence-corrected chi connectivity index (χ2v) is 3.77. The SMILES string of the molecule is CN[C@@H](Cc1cccc(C(O)O)c1)C(C)=O. The summed E-state index contributed by atoms with van der Waals surface area (Å²) in [6, 6.07) is 6.70. The Bertz CT molecular complexity index is 363. The van der Waals surface area contributed by atoms with Crippen LogP contribution in [0.25, 0.3) is 0 Å². The van der Waals surface area contributed by atoms with Gasteiger partial charge in [-0.05, 0) is 26.0 Å². The molecule has 0 spiro atoms. The summed E-state index contributed by atoms with van der Waals surface area (Å²) in [6.45, 7) is 1.53. The average Bonchev–Trinajstić information content (AvgIpc) is 2.25. The second kappa shape index (κ2) is 5.75. The van der Waals surface area contributed by atoms with Gasteiger partial charge < -0.3 is 15.5 Å². The number of nitrogens with one attached hydrogen (secondary N) is 1. The molecule has 4 nitrogen and oxygen atoms in total. The van der Waals surface area contributed by atoms with Crippen LogP contribution in [0.2, 0.25) is 0 Å². The average molecular weight is 223 g/mol. The normalized spacial score (nSPS) is 12.8. The molecule has 0 bridgehead atoms. The smallest absolute Gasteiger partial charge is 0.178 e. The number of ketones is 1. The standard InChI is InChI=1S/C12H17NO3/c1-8(14)11(13-2)7-9-4-3-5-10(6-9)12(15)16/h3-6,11-13,15-16H,7H2,1-2H3/t11-/m0/s1. The lowest BCUT2D eigenvalue weighted by Crippen LogP contribution is -2.34. The molecule has 0 fully saturated rings. The first-order valence-corrected chi connectivity index (χ1v) is 5.17. The molecule has 0 aliphatic rings. The molecule has 1 aromatic carbocycles. The Hall–Kier alpha value is -1.23. The number of benzene rings is 1. The molecule has 0 saturated heterocycles. The molecule has 0 radical (unpaired) electrons. The largest absolute Gasteiger partial charge is 0.364 e. The van der Waals surface area contributed by atoms with Gasteiger partial charge in [-0.2, -0.15) is 0 Å². The van der Waals surface area contributed by atoms with Gasteiger partial charge in [-0.1, -0.05) is 24.3 Å².